The van der Waals surface area contributed by atoms with Gasteiger partial charge in [-0.3, -0.25) is 19.7 Å². The third-order valence-electron chi connectivity index (χ3n) is 1.36. The Morgan fingerprint density at radius 3 is 1.85 bits per heavy atom. The molecule has 0 aromatic heterocycles. The normalized spacial score (nSPS) is 9.23. The summed E-state index contributed by atoms with van der Waals surface area (Å²) >= 11 is 0. The number of carbonyl (C=O) groups excluding carboxylic acids is 2. The van der Waals surface area contributed by atoms with Crippen LogP contribution in [0.4, 0.5) is 5.69 Å². The van der Waals surface area contributed by atoms with Gasteiger partial charge in [-0.05, 0) is 6.07 Å². The molecule has 2 radical (unpaired) electrons. The summed E-state index contributed by atoms with van der Waals surface area (Å²) in [6.45, 7) is 0. The first-order valence-electron chi connectivity index (χ1n) is 3.23. The van der Waals surface area contributed by atoms with Gasteiger partial charge in [0.15, 0.2) is 0 Å². The average Bonchev–Trinajstić information content (AvgIpc) is 2.16. The molecule has 1 aromatic rings. The van der Waals surface area contributed by atoms with E-state index in [-0.39, 0.29) is 16.8 Å². The number of benzene rings is 1. The van der Waals surface area contributed by atoms with Crippen molar-refractivity contribution in [2.24, 2.45) is 0 Å². The summed E-state index contributed by atoms with van der Waals surface area (Å²) in [5.41, 5.74) is -0.390. The summed E-state index contributed by atoms with van der Waals surface area (Å²) in [5.74, 6) is 0. The molecular formula is C8H3NO4. The van der Waals surface area contributed by atoms with E-state index >= 15 is 0 Å². The lowest BCUT2D eigenvalue weighted by Crippen LogP contribution is -1.93. The van der Waals surface area contributed by atoms with Gasteiger partial charge in [0.1, 0.15) is 0 Å². The molecule has 0 bridgehead atoms. The Morgan fingerprint density at radius 2 is 1.54 bits per heavy atom. The molecule has 1 rings (SSSR count). The average molecular weight is 177 g/mol. The Kier molecular flexibility index (Phi) is 2.49. The van der Waals surface area contributed by atoms with E-state index in [0.29, 0.717) is 0 Å². The number of rotatable bonds is 3. The molecule has 0 saturated heterocycles. The molecule has 0 amide bonds. The zero-order valence-corrected chi connectivity index (χ0v) is 6.31. The summed E-state index contributed by atoms with van der Waals surface area (Å²) in [7, 11) is 0. The molecule has 13 heavy (non-hydrogen) atoms. The van der Waals surface area contributed by atoms with Crippen LogP contribution in [0.2, 0.25) is 0 Å². The predicted octanol–water partition coefficient (Wildman–Crippen LogP) is 0.510. The molecule has 0 heterocycles. The minimum atomic E-state index is -0.693. The van der Waals surface area contributed by atoms with Crippen LogP contribution in [0.15, 0.2) is 18.2 Å². The van der Waals surface area contributed by atoms with E-state index in [1.807, 2.05) is 0 Å². The lowest BCUT2D eigenvalue weighted by molar-refractivity contribution is -0.384. The number of nitrogens with zero attached hydrogens (tertiary/aromatic N) is 1. The van der Waals surface area contributed by atoms with Crippen LogP contribution >= 0.6 is 0 Å². The molecule has 0 spiro atoms. The Balaban J connectivity index is 3.30. The van der Waals surface area contributed by atoms with Gasteiger partial charge in [-0.25, -0.2) is 0 Å². The molecule has 0 saturated carbocycles. The van der Waals surface area contributed by atoms with Crippen molar-refractivity contribution >= 4 is 18.3 Å². The van der Waals surface area contributed by atoms with Gasteiger partial charge in [0.2, 0.25) is 12.6 Å². The Hall–Kier alpha value is -2.04. The van der Waals surface area contributed by atoms with Crippen molar-refractivity contribution < 1.29 is 14.5 Å². The molecule has 5 heteroatoms. The first kappa shape index (κ1) is 9.05. The molecule has 0 atom stereocenters. The number of non-ortho nitro benzene ring substituents is 1. The van der Waals surface area contributed by atoms with Crippen LogP contribution in [-0.2, 0) is 9.59 Å². The molecule has 64 valence electrons. The van der Waals surface area contributed by atoms with Crippen molar-refractivity contribution in [3.05, 3.63) is 39.4 Å². The highest BCUT2D eigenvalue weighted by Gasteiger charge is 2.09. The van der Waals surface area contributed by atoms with E-state index in [0.717, 1.165) is 12.1 Å². The first-order chi connectivity index (χ1) is 6.17. The van der Waals surface area contributed by atoms with Crippen molar-refractivity contribution in [2.45, 2.75) is 0 Å². The lowest BCUT2D eigenvalue weighted by atomic mass is 10.1. The largest absolute Gasteiger partial charge is 0.285 e. The summed E-state index contributed by atoms with van der Waals surface area (Å²) in [4.78, 5) is 29.9. The van der Waals surface area contributed by atoms with Crippen molar-refractivity contribution in [3.8, 4) is 0 Å². The monoisotopic (exact) mass is 177 g/mol. The zero-order chi connectivity index (χ0) is 9.84. The number of nitro benzene ring substituents is 1. The molecule has 5 nitrogen and oxygen atoms in total. The summed E-state index contributed by atoms with van der Waals surface area (Å²) in [6.07, 6.45) is 2.93. The van der Waals surface area contributed by atoms with Gasteiger partial charge in [0.25, 0.3) is 5.69 Å². The zero-order valence-electron chi connectivity index (χ0n) is 6.31. The standard InChI is InChI=1S/C8H3NO4/c10-4-6-1-7(5-11)3-8(2-6)9(12)13/h1-3H. The lowest BCUT2D eigenvalue weighted by Gasteiger charge is -1.93. The fourth-order valence-corrected chi connectivity index (χ4v) is 0.834. The Morgan fingerprint density at radius 1 is 1.08 bits per heavy atom. The van der Waals surface area contributed by atoms with Crippen LogP contribution in [0, 0.1) is 10.1 Å². The second-order valence-corrected chi connectivity index (χ2v) is 2.23. The van der Waals surface area contributed by atoms with Crippen LogP contribution in [0.3, 0.4) is 0 Å². The van der Waals surface area contributed by atoms with E-state index in [9.17, 15) is 19.7 Å². The topological polar surface area (TPSA) is 77.3 Å². The van der Waals surface area contributed by atoms with E-state index < -0.39 is 4.92 Å². The van der Waals surface area contributed by atoms with Gasteiger partial charge in [-0.15, -0.1) is 0 Å². The molecule has 0 N–H and O–H groups in total. The third kappa shape index (κ3) is 1.96. The van der Waals surface area contributed by atoms with Crippen molar-refractivity contribution in [1.29, 1.82) is 0 Å². The summed E-state index contributed by atoms with van der Waals surface area (Å²) < 4.78 is 0. The van der Waals surface area contributed by atoms with Crippen LogP contribution < -0.4 is 0 Å². The highest BCUT2D eigenvalue weighted by Crippen LogP contribution is 2.14. The van der Waals surface area contributed by atoms with Crippen LogP contribution in [-0.4, -0.2) is 17.5 Å². The molecular weight excluding hydrogens is 174 g/mol. The molecule has 0 aliphatic rings. The van der Waals surface area contributed by atoms with Gasteiger partial charge in [0.05, 0.1) is 4.92 Å². The van der Waals surface area contributed by atoms with E-state index in [4.69, 9.17) is 0 Å². The van der Waals surface area contributed by atoms with E-state index in [1.165, 1.54) is 18.6 Å². The molecule has 0 aliphatic carbocycles. The van der Waals surface area contributed by atoms with Crippen LogP contribution in [0.25, 0.3) is 0 Å². The second kappa shape index (κ2) is 3.57. The van der Waals surface area contributed by atoms with E-state index in [1.54, 1.807) is 0 Å². The van der Waals surface area contributed by atoms with Gasteiger partial charge in [0, 0.05) is 23.3 Å². The molecule has 0 aliphatic heterocycles. The van der Waals surface area contributed by atoms with Crippen molar-refractivity contribution in [1.82, 2.24) is 0 Å². The number of hydrogen-bond donors (Lipinski definition) is 0. The predicted molar refractivity (Wildman–Crippen MR) is 42.7 cm³/mol. The third-order valence-corrected chi connectivity index (χ3v) is 1.36. The van der Waals surface area contributed by atoms with Crippen molar-refractivity contribution in [3.63, 3.8) is 0 Å². The minimum absolute atomic E-state index is 0.0347. The molecule has 0 fully saturated rings. The first-order valence-corrected chi connectivity index (χ1v) is 3.23. The Labute approximate surface area is 73.1 Å². The van der Waals surface area contributed by atoms with Gasteiger partial charge in [-0.1, -0.05) is 0 Å². The fraction of sp³-hybridized carbons (Fsp3) is 0. The smallest absolute Gasteiger partial charge is 0.270 e. The summed E-state index contributed by atoms with van der Waals surface area (Å²) in [6, 6.07) is 3.24. The number of nitro groups is 1. The van der Waals surface area contributed by atoms with Gasteiger partial charge in [-0.2, -0.15) is 0 Å². The van der Waals surface area contributed by atoms with Gasteiger partial charge >= 0.3 is 0 Å². The maximum absolute atomic E-state index is 10.3. The minimum Gasteiger partial charge on any atom is -0.285 e. The van der Waals surface area contributed by atoms with Gasteiger partial charge < -0.3 is 0 Å². The molecule has 1 aromatic carbocycles. The van der Waals surface area contributed by atoms with Crippen LogP contribution in [0.5, 0.6) is 0 Å². The summed E-state index contributed by atoms with van der Waals surface area (Å²) in [5, 5.41) is 10.3. The van der Waals surface area contributed by atoms with E-state index in [2.05, 4.69) is 0 Å². The highest BCUT2D eigenvalue weighted by atomic mass is 16.6. The number of hydrogen-bond acceptors (Lipinski definition) is 4. The fourth-order valence-electron chi connectivity index (χ4n) is 0.834. The second-order valence-electron chi connectivity index (χ2n) is 2.23. The molecule has 0 unspecified atom stereocenters. The highest BCUT2D eigenvalue weighted by molar-refractivity contribution is 5.84. The maximum atomic E-state index is 10.3. The Bertz CT molecular complexity index is 346. The SMILES string of the molecule is O=[C]c1cc([C]=O)cc([N+](=O)[O-])c1. The quantitative estimate of drug-likeness (QED) is 0.497. The van der Waals surface area contributed by atoms with Crippen LogP contribution in [0.1, 0.15) is 11.1 Å². The van der Waals surface area contributed by atoms with Crippen molar-refractivity contribution in [2.75, 3.05) is 0 Å². The maximum Gasteiger partial charge on any atom is 0.270 e.